The molecule has 0 amide bonds. The molecule has 0 aromatic heterocycles. The van der Waals surface area contributed by atoms with Crippen LogP contribution in [-0.2, 0) is 16.1 Å². The summed E-state index contributed by atoms with van der Waals surface area (Å²) >= 11 is 0. The number of carbonyl (C=O) groups is 2. The highest BCUT2D eigenvalue weighted by Crippen LogP contribution is 2.26. The van der Waals surface area contributed by atoms with Crippen molar-refractivity contribution in [2.24, 2.45) is 5.92 Å². The molecule has 1 saturated heterocycles. The van der Waals surface area contributed by atoms with Gasteiger partial charge in [-0.05, 0) is 43.7 Å². The van der Waals surface area contributed by atoms with Gasteiger partial charge in [-0.2, -0.15) is 0 Å². The molecule has 0 aliphatic carbocycles. The van der Waals surface area contributed by atoms with Crippen molar-refractivity contribution >= 4 is 11.9 Å². The lowest BCUT2D eigenvalue weighted by Crippen LogP contribution is -2.47. The van der Waals surface area contributed by atoms with Crippen LogP contribution >= 0.6 is 0 Å². The molecule has 1 aliphatic rings. The third-order valence-corrected chi connectivity index (χ3v) is 4.47. The maximum absolute atomic E-state index is 11.0. The number of benzene rings is 1. The van der Waals surface area contributed by atoms with Crippen LogP contribution < -0.4 is 0 Å². The van der Waals surface area contributed by atoms with Gasteiger partial charge in [0.15, 0.2) is 0 Å². The molecule has 1 fully saturated rings. The molecule has 1 aromatic carbocycles. The van der Waals surface area contributed by atoms with E-state index in [9.17, 15) is 14.7 Å². The van der Waals surface area contributed by atoms with E-state index in [1.54, 1.807) is 0 Å². The minimum absolute atomic E-state index is 0.206. The van der Waals surface area contributed by atoms with Gasteiger partial charge in [0.05, 0.1) is 0 Å². The van der Waals surface area contributed by atoms with Crippen LogP contribution in [0.4, 0.5) is 0 Å². The molecule has 0 radical (unpaired) electrons. The number of carboxylic acids is 2. The molecular weight excluding hydrogens is 298 g/mol. The first-order valence-electron chi connectivity index (χ1n) is 7.87. The van der Waals surface area contributed by atoms with Gasteiger partial charge in [0.2, 0.25) is 0 Å². The lowest BCUT2D eigenvalue weighted by molar-refractivity contribution is -0.177. The molecule has 0 spiro atoms. The summed E-state index contributed by atoms with van der Waals surface area (Å²) in [5.74, 6) is -3.18. The third kappa shape index (κ3) is 4.53. The van der Waals surface area contributed by atoms with Gasteiger partial charge in [0, 0.05) is 13.1 Å². The van der Waals surface area contributed by atoms with E-state index in [2.05, 4.69) is 17.0 Å². The maximum Gasteiger partial charge on any atom is 0.347 e. The summed E-state index contributed by atoms with van der Waals surface area (Å²) < 4.78 is 0. The number of piperidine rings is 1. The smallest absolute Gasteiger partial charge is 0.347 e. The lowest BCUT2D eigenvalue weighted by atomic mass is 9.87. The molecule has 126 valence electrons. The number of nitrogens with zero attached hydrogens (tertiary/aromatic N) is 1. The highest BCUT2D eigenvalue weighted by Gasteiger charge is 2.44. The summed E-state index contributed by atoms with van der Waals surface area (Å²) in [6, 6.07) is 10.1. The fourth-order valence-corrected chi connectivity index (χ4v) is 3.09. The van der Waals surface area contributed by atoms with Crippen molar-refractivity contribution in [1.29, 1.82) is 0 Å². The number of aliphatic carboxylic acids is 2. The highest BCUT2D eigenvalue weighted by atomic mass is 16.4. The van der Waals surface area contributed by atoms with Crippen molar-refractivity contribution in [2.75, 3.05) is 13.1 Å². The molecular formula is C17H23NO5. The Morgan fingerprint density at radius 1 is 1.17 bits per heavy atom. The molecule has 1 aromatic rings. The van der Waals surface area contributed by atoms with E-state index in [-0.39, 0.29) is 12.3 Å². The second-order valence-electron chi connectivity index (χ2n) is 6.24. The van der Waals surface area contributed by atoms with Gasteiger partial charge >= 0.3 is 11.9 Å². The van der Waals surface area contributed by atoms with Crippen LogP contribution in [0.15, 0.2) is 30.3 Å². The molecule has 6 nitrogen and oxygen atoms in total. The highest BCUT2D eigenvalue weighted by molar-refractivity contribution is 6.01. The van der Waals surface area contributed by atoms with Gasteiger partial charge in [-0.25, -0.2) is 9.59 Å². The van der Waals surface area contributed by atoms with Crippen LogP contribution in [0.3, 0.4) is 0 Å². The molecule has 23 heavy (non-hydrogen) atoms. The standard InChI is InChI=1S/C17H23NO5/c19-15(20)17(23,16(21)22)9-8-14-7-4-10-18(12-14)11-13-5-2-1-3-6-13/h1-3,5-6,14,23H,4,7-12H2,(H,19,20)(H,21,22)/t14-/m0/s1. The van der Waals surface area contributed by atoms with E-state index in [1.807, 2.05) is 18.2 Å². The van der Waals surface area contributed by atoms with Crippen molar-refractivity contribution in [3.8, 4) is 0 Å². The summed E-state index contributed by atoms with van der Waals surface area (Å²) in [6.45, 7) is 2.61. The van der Waals surface area contributed by atoms with Crippen LogP contribution in [0, 0.1) is 5.92 Å². The molecule has 1 atom stereocenters. The monoisotopic (exact) mass is 321 g/mol. The first kappa shape index (κ1) is 17.4. The third-order valence-electron chi connectivity index (χ3n) is 4.47. The van der Waals surface area contributed by atoms with Crippen molar-refractivity contribution in [3.05, 3.63) is 35.9 Å². The predicted octanol–water partition coefficient (Wildman–Crippen LogP) is 1.58. The van der Waals surface area contributed by atoms with E-state index in [0.29, 0.717) is 6.42 Å². The zero-order chi connectivity index (χ0) is 16.9. The number of hydrogen-bond acceptors (Lipinski definition) is 4. The molecule has 0 saturated carbocycles. The molecule has 6 heteroatoms. The van der Waals surface area contributed by atoms with Crippen molar-refractivity contribution in [2.45, 2.75) is 37.8 Å². The minimum Gasteiger partial charge on any atom is -0.479 e. The average Bonchev–Trinajstić information content (AvgIpc) is 2.53. The number of hydrogen-bond donors (Lipinski definition) is 3. The molecule has 1 heterocycles. The van der Waals surface area contributed by atoms with E-state index < -0.39 is 17.5 Å². The lowest BCUT2D eigenvalue weighted by Gasteiger charge is -2.33. The molecule has 2 rings (SSSR count). The molecule has 0 unspecified atom stereocenters. The fraction of sp³-hybridized carbons (Fsp3) is 0.529. The van der Waals surface area contributed by atoms with Crippen molar-refractivity contribution < 1.29 is 24.9 Å². The first-order chi connectivity index (χ1) is 10.9. The number of rotatable bonds is 7. The number of likely N-dealkylation sites (tertiary alicyclic amines) is 1. The topological polar surface area (TPSA) is 98.1 Å². The Morgan fingerprint density at radius 3 is 2.43 bits per heavy atom. The predicted molar refractivity (Wildman–Crippen MR) is 83.9 cm³/mol. The Balaban J connectivity index is 1.89. The van der Waals surface area contributed by atoms with Crippen molar-refractivity contribution in [3.63, 3.8) is 0 Å². The minimum atomic E-state index is -2.68. The average molecular weight is 321 g/mol. The van der Waals surface area contributed by atoms with Crippen LogP contribution in [0.5, 0.6) is 0 Å². The Hall–Kier alpha value is -1.92. The van der Waals surface area contributed by atoms with E-state index >= 15 is 0 Å². The van der Waals surface area contributed by atoms with Crippen LogP contribution in [0.2, 0.25) is 0 Å². The molecule has 1 aliphatic heterocycles. The Kier molecular flexibility index (Phi) is 5.74. The summed E-state index contributed by atoms with van der Waals surface area (Å²) in [5.41, 5.74) is -1.46. The van der Waals surface area contributed by atoms with E-state index in [1.165, 1.54) is 5.56 Å². The van der Waals surface area contributed by atoms with Gasteiger partial charge in [0.1, 0.15) is 0 Å². The maximum atomic E-state index is 11.0. The van der Waals surface area contributed by atoms with Crippen LogP contribution in [0.25, 0.3) is 0 Å². The Morgan fingerprint density at radius 2 is 1.83 bits per heavy atom. The summed E-state index contributed by atoms with van der Waals surface area (Å²) in [7, 11) is 0. The zero-order valence-corrected chi connectivity index (χ0v) is 13.0. The SMILES string of the molecule is O=C(O)C(O)(CC[C@@H]1CCCN(Cc2ccccc2)C1)C(=O)O. The summed E-state index contributed by atoms with van der Waals surface area (Å²) in [4.78, 5) is 24.3. The van der Waals surface area contributed by atoms with Crippen LogP contribution in [-0.4, -0.2) is 50.8 Å². The van der Waals surface area contributed by atoms with Crippen LogP contribution in [0.1, 0.15) is 31.2 Å². The number of carboxylic acid groups (broad SMARTS) is 2. The Bertz CT molecular complexity index is 531. The van der Waals surface area contributed by atoms with E-state index in [0.717, 1.165) is 32.5 Å². The first-order valence-corrected chi connectivity index (χ1v) is 7.87. The molecule has 3 N–H and O–H groups in total. The largest absolute Gasteiger partial charge is 0.479 e. The fourth-order valence-electron chi connectivity index (χ4n) is 3.09. The quantitative estimate of drug-likeness (QED) is 0.660. The zero-order valence-electron chi connectivity index (χ0n) is 13.0. The normalized spacial score (nSPS) is 19.4. The number of aliphatic hydroxyl groups is 1. The van der Waals surface area contributed by atoms with E-state index in [4.69, 9.17) is 10.2 Å². The van der Waals surface area contributed by atoms with Gasteiger partial charge < -0.3 is 15.3 Å². The van der Waals surface area contributed by atoms with Gasteiger partial charge in [-0.3, -0.25) is 4.90 Å². The van der Waals surface area contributed by atoms with Gasteiger partial charge in [-0.1, -0.05) is 30.3 Å². The second kappa shape index (κ2) is 7.57. The van der Waals surface area contributed by atoms with Gasteiger partial charge in [0.25, 0.3) is 5.60 Å². The summed E-state index contributed by atoms with van der Waals surface area (Å²) in [5, 5.41) is 27.7. The molecule has 0 bridgehead atoms. The van der Waals surface area contributed by atoms with Gasteiger partial charge in [-0.15, -0.1) is 0 Å². The second-order valence-corrected chi connectivity index (χ2v) is 6.24. The summed E-state index contributed by atoms with van der Waals surface area (Å²) in [6.07, 6.45) is 2.05. The van der Waals surface area contributed by atoms with Crippen molar-refractivity contribution in [1.82, 2.24) is 4.90 Å². The Labute approximate surface area is 135 Å².